The van der Waals surface area contributed by atoms with Gasteiger partial charge in [-0.3, -0.25) is 9.20 Å². The van der Waals surface area contributed by atoms with Crippen LogP contribution in [-0.4, -0.2) is 43.1 Å². The number of nitrogens with one attached hydrogen (secondary N) is 2. The summed E-state index contributed by atoms with van der Waals surface area (Å²) in [7, 11) is 0. The molecule has 2 N–H and O–H groups in total. The Kier molecular flexibility index (Phi) is 5.93. The van der Waals surface area contributed by atoms with Crippen molar-refractivity contribution in [3.8, 4) is 11.4 Å². The Hall–Kier alpha value is -4.76. The van der Waals surface area contributed by atoms with E-state index in [0.717, 1.165) is 52.3 Å². The summed E-state index contributed by atoms with van der Waals surface area (Å²) in [6.07, 6.45) is 3.94. The molecule has 1 fully saturated rings. The van der Waals surface area contributed by atoms with Crippen molar-refractivity contribution < 1.29 is 4.74 Å². The first-order valence-electron chi connectivity index (χ1n) is 13.6. The summed E-state index contributed by atoms with van der Waals surface area (Å²) in [5, 5.41) is 7.13. The van der Waals surface area contributed by atoms with Crippen LogP contribution in [-0.2, 0) is 0 Å². The maximum atomic E-state index is 14.0. The molecule has 0 bridgehead atoms. The number of hydrogen-bond donors (Lipinski definition) is 2. The van der Waals surface area contributed by atoms with E-state index in [2.05, 4.69) is 15.6 Å². The van der Waals surface area contributed by atoms with Crippen molar-refractivity contribution in [3.63, 3.8) is 0 Å². The molecule has 3 aromatic carbocycles. The monoisotopic (exact) mass is 531 g/mol. The van der Waals surface area contributed by atoms with Crippen LogP contribution < -0.4 is 20.9 Å². The van der Waals surface area contributed by atoms with Crippen molar-refractivity contribution in [2.24, 2.45) is 0 Å². The fraction of sp³-hybridized carbons (Fsp3) is 0.226. The van der Waals surface area contributed by atoms with Crippen molar-refractivity contribution in [2.75, 3.05) is 18.5 Å². The number of para-hydroxylation sites is 3. The first kappa shape index (κ1) is 24.3. The maximum absolute atomic E-state index is 14.0. The molecule has 200 valence electrons. The Morgan fingerprint density at radius 2 is 1.80 bits per heavy atom. The lowest BCUT2D eigenvalue weighted by atomic mass is 10.1. The van der Waals surface area contributed by atoms with Crippen molar-refractivity contribution in [2.45, 2.75) is 32.7 Å². The summed E-state index contributed by atoms with van der Waals surface area (Å²) < 4.78 is 9.57. The van der Waals surface area contributed by atoms with Crippen molar-refractivity contribution in [3.05, 3.63) is 94.4 Å². The molecule has 0 spiro atoms. The van der Waals surface area contributed by atoms with Crippen LogP contribution in [0.3, 0.4) is 0 Å². The molecule has 3 aromatic heterocycles. The molecule has 0 saturated carbocycles. The van der Waals surface area contributed by atoms with E-state index in [0.29, 0.717) is 35.4 Å². The van der Waals surface area contributed by atoms with E-state index in [1.807, 2.05) is 85.0 Å². The summed E-state index contributed by atoms with van der Waals surface area (Å²) in [6, 6.07) is 22.0. The van der Waals surface area contributed by atoms with Crippen LogP contribution in [0.2, 0.25) is 0 Å². The number of anilines is 2. The van der Waals surface area contributed by atoms with Gasteiger partial charge < -0.3 is 15.4 Å². The minimum Gasteiger partial charge on any atom is -0.492 e. The van der Waals surface area contributed by atoms with Gasteiger partial charge >= 0.3 is 0 Å². The standard InChI is InChI=1S/C31H29N7O2/c1-19-7-5-8-20(2)27(19)38-29(39)24-17-33-30(36-28(24)37-26-11-4-3-10-25(26)35-31(37)38)34-21-12-14-23(15-13-21)40-18-22-9-6-16-32-22/h3-5,7-8,10-15,17,22,32H,6,9,16,18H2,1-2H3,(H,33,34,36)/t22-/m0/s1. The highest BCUT2D eigenvalue weighted by atomic mass is 16.5. The highest BCUT2D eigenvalue weighted by Crippen LogP contribution is 2.26. The molecule has 1 aliphatic heterocycles. The Labute approximate surface area is 230 Å². The summed E-state index contributed by atoms with van der Waals surface area (Å²) in [5.41, 5.74) is 5.56. The van der Waals surface area contributed by atoms with E-state index in [-0.39, 0.29) is 5.56 Å². The number of ether oxygens (including phenoxy) is 1. The maximum Gasteiger partial charge on any atom is 0.270 e. The first-order chi connectivity index (χ1) is 19.6. The van der Waals surface area contributed by atoms with Gasteiger partial charge in [-0.1, -0.05) is 30.3 Å². The summed E-state index contributed by atoms with van der Waals surface area (Å²) in [5.74, 6) is 1.72. The topological polar surface area (TPSA) is 98.4 Å². The molecule has 7 rings (SSSR count). The number of benzene rings is 3. The fourth-order valence-corrected chi connectivity index (χ4v) is 5.56. The van der Waals surface area contributed by atoms with Gasteiger partial charge in [-0.05, 0) is 80.8 Å². The zero-order chi connectivity index (χ0) is 27.2. The Morgan fingerprint density at radius 1 is 1.00 bits per heavy atom. The molecule has 9 nitrogen and oxygen atoms in total. The zero-order valence-electron chi connectivity index (χ0n) is 22.4. The molecule has 9 heteroatoms. The normalized spacial score (nSPS) is 15.3. The minimum atomic E-state index is -0.208. The van der Waals surface area contributed by atoms with Gasteiger partial charge in [0.15, 0.2) is 5.65 Å². The molecule has 1 saturated heterocycles. The van der Waals surface area contributed by atoms with E-state index in [1.165, 1.54) is 6.42 Å². The van der Waals surface area contributed by atoms with Crippen LogP contribution >= 0.6 is 0 Å². The number of aromatic nitrogens is 5. The third kappa shape index (κ3) is 4.15. The van der Waals surface area contributed by atoms with Crippen LogP contribution in [0.1, 0.15) is 24.0 Å². The van der Waals surface area contributed by atoms with Gasteiger partial charge in [-0.2, -0.15) is 4.98 Å². The van der Waals surface area contributed by atoms with E-state index in [4.69, 9.17) is 14.7 Å². The molecule has 0 unspecified atom stereocenters. The zero-order valence-corrected chi connectivity index (χ0v) is 22.4. The third-order valence-corrected chi connectivity index (χ3v) is 7.54. The second-order valence-corrected chi connectivity index (χ2v) is 10.3. The molecule has 0 radical (unpaired) electrons. The van der Waals surface area contributed by atoms with Gasteiger partial charge in [-0.25, -0.2) is 14.5 Å². The quantitative estimate of drug-likeness (QED) is 0.310. The first-order valence-corrected chi connectivity index (χ1v) is 13.6. The van der Waals surface area contributed by atoms with Gasteiger partial charge in [-0.15, -0.1) is 0 Å². The van der Waals surface area contributed by atoms with E-state index in [1.54, 1.807) is 10.8 Å². The van der Waals surface area contributed by atoms with Crippen molar-refractivity contribution >= 4 is 39.5 Å². The smallest absolute Gasteiger partial charge is 0.270 e. The van der Waals surface area contributed by atoms with Crippen LogP contribution in [0.25, 0.3) is 33.5 Å². The Morgan fingerprint density at radius 3 is 2.58 bits per heavy atom. The highest BCUT2D eigenvalue weighted by molar-refractivity contribution is 5.88. The lowest BCUT2D eigenvalue weighted by Crippen LogP contribution is -2.28. The van der Waals surface area contributed by atoms with Crippen molar-refractivity contribution in [1.82, 2.24) is 29.2 Å². The molecule has 1 aliphatic rings. The molecule has 6 aromatic rings. The predicted molar refractivity (Wildman–Crippen MR) is 157 cm³/mol. The number of nitrogens with zero attached hydrogens (tertiary/aromatic N) is 5. The van der Waals surface area contributed by atoms with Crippen molar-refractivity contribution in [1.29, 1.82) is 0 Å². The number of hydrogen-bond acceptors (Lipinski definition) is 7. The van der Waals surface area contributed by atoms with E-state index < -0.39 is 0 Å². The molecule has 40 heavy (non-hydrogen) atoms. The van der Waals surface area contributed by atoms with Gasteiger partial charge in [0.2, 0.25) is 11.7 Å². The Bertz CT molecular complexity index is 1920. The van der Waals surface area contributed by atoms with Gasteiger partial charge in [0.05, 0.1) is 16.7 Å². The number of imidazole rings is 1. The predicted octanol–water partition coefficient (Wildman–Crippen LogP) is 5.07. The summed E-state index contributed by atoms with van der Waals surface area (Å²) in [4.78, 5) is 28.2. The average Bonchev–Trinajstić information content (AvgIpc) is 3.62. The minimum absolute atomic E-state index is 0.208. The molecular weight excluding hydrogens is 502 g/mol. The molecule has 0 aliphatic carbocycles. The van der Waals surface area contributed by atoms with Gasteiger partial charge in [0.1, 0.15) is 17.7 Å². The molecular formula is C31H29N7O2. The molecule has 1 atom stereocenters. The summed E-state index contributed by atoms with van der Waals surface area (Å²) >= 11 is 0. The fourth-order valence-electron chi connectivity index (χ4n) is 5.56. The second kappa shape index (κ2) is 9.77. The lowest BCUT2D eigenvalue weighted by molar-refractivity contribution is 0.277. The largest absolute Gasteiger partial charge is 0.492 e. The van der Waals surface area contributed by atoms with Crippen LogP contribution in [0.15, 0.2) is 77.7 Å². The molecule has 0 amide bonds. The van der Waals surface area contributed by atoms with E-state index in [9.17, 15) is 4.79 Å². The van der Waals surface area contributed by atoms with Crippen LogP contribution in [0.5, 0.6) is 5.75 Å². The lowest BCUT2D eigenvalue weighted by Gasteiger charge is -2.15. The van der Waals surface area contributed by atoms with Gasteiger partial charge in [0, 0.05) is 17.9 Å². The number of aryl methyl sites for hydroxylation is 2. The Balaban J connectivity index is 1.31. The van der Waals surface area contributed by atoms with Crippen LogP contribution in [0.4, 0.5) is 11.6 Å². The molecule has 4 heterocycles. The van der Waals surface area contributed by atoms with Crippen LogP contribution in [0, 0.1) is 13.8 Å². The van der Waals surface area contributed by atoms with E-state index >= 15 is 0 Å². The average molecular weight is 532 g/mol. The third-order valence-electron chi connectivity index (χ3n) is 7.54. The summed E-state index contributed by atoms with van der Waals surface area (Å²) in [6.45, 7) is 5.73. The van der Waals surface area contributed by atoms with Gasteiger partial charge in [0.25, 0.3) is 5.56 Å². The SMILES string of the molecule is Cc1cccc(C)c1-n1c(=O)c2cnc(Nc3ccc(OC[C@@H]4CCCN4)cc3)nc2n2c3ccccc3nc12. The highest BCUT2D eigenvalue weighted by Gasteiger charge is 2.21. The second-order valence-electron chi connectivity index (χ2n) is 10.3. The number of rotatable bonds is 6. The number of fused-ring (bicyclic) bond motifs is 5.